The molecule has 2 nitrogen and oxygen atoms in total. The molecule has 0 saturated carbocycles. The molecule has 2 unspecified atom stereocenters. The van der Waals surface area contributed by atoms with Crippen LogP contribution in [0.1, 0.15) is 18.1 Å². The predicted molar refractivity (Wildman–Crippen MR) is 60.4 cm³/mol. The van der Waals surface area contributed by atoms with Crippen LogP contribution in [0.3, 0.4) is 0 Å². The lowest BCUT2D eigenvalue weighted by Gasteiger charge is -2.16. The largest absolute Gasteiger partial charge is 0.372 e. The van der Waals surface area contributed by atoms with Gasteiger partial charge in [0.2, 0.25) is 0 Å². The molecule has 1 aromatic carbocycles. The monoisotopic (exact) mass is 275 g/mol. The second kappa shape index (κ2) is 4.19. The van der Waals surface area contributed by atoms with Gasteiger partial charge in [0, 0.05) is 27.7 Å². The van der Waals surface area contributed by atoms with Gasteiger partial charge in [-0.05, 0) is 18.6 Å². The maximum Gasteiger partial charge on any atom is 0.0990 e. The SMILES string of the molecule is NC1CCOC1c1ccc(Br)cc1Cl. The van der Waals surface area contributed by atoms with Gasteiger partial charge in [0.15, 0.2) is 0 Å². The molecule has 1 fully saturated rings. The van der Waals surface area contributed by atoms with E-state index in [4.69, 9.17) is 22.1 Å². The quantitative estimate of drug-likeness (QED) is 0.856. The molecule has 0 amide bonds. The van der Waals surface area contributed by atoms with E-state index in [1.165, 1.54) is 0 Å². The minimum absolute atomic E-state index is 0.0457. The van der Waals surface area contributed by atoms with Gasteiger partial charge in [0.05, 0.1) is 6.10 Å². The number of nitrogens with two attached hydrogens (primary N) is 1. The van der Waals surface area contributed by atoms with Gasteiger partial charge in [0.1, 0.15) is 0 Å². The third-order valence-corrected chi connectivity index (χ3v) is 3.23. The summed E-state index contributed by atoms with van der Waals surface area (Å²) in [6, 6.07) is 5.84. The van der Waals surface area contributed by atoms with Gasteiger partial charge in [-0.1, -0.05) is 33.6 Å². The highest BCUT2D eigenvalue weighted by atomic mass is 79.9. The smallest absolute Gasteiger partial charge is 0.0990 e. The number of rotatable bonds is 1. The molecule has 0 aromatic heterocycles. The molecule has 0 radical (unpaired) electrons. The zero-order valence-electron chi connectivity index (χ0n) is 7.54. The highest BCUT2D eigenvalue weighted by Gasteiger charge is 2.27. The molecule has 1 aliphatic rings. The molecule has 1 aromatic rings. The van der Waals surface area contributed by atoms with E-state index in [2.05, 4.69) is 15.9 Å². The molecular formula is C10H11BrClNO. The highest BCUT2D eigenvalue weighted by Crippen LogP contribution is 2.33. The number of hydrogen-bond donors (Lipinski definition) is 1. The third-order valence-electron chi connectivity index (χ3n) is 2.41. The molecule has 1 aliphatic heterocycles. The van der Waals surface area contributed by atoms with Crippen LogP contribution in [0.2, 0.25) is 5.02 Å². The molecular weight excluding hydrogens is 265 g/mol. The second-order valence-corrected chi connectivity index (χ2v) is 4.73. The van der Waals surface area contributed by atoms with Crippen molar-refractivity contribution in [3.63, 3.8) is 0 Å². The maximum absolute atomic E-state index is 6.11. The van der Waals surface area contributed by atoms with Crippen LogP contribution in [0.25, 0.3) is 0 Å². The summed E-state index contributed by atoms with van der Waals surface area (Å²) in [5, 5.41) is 0.710. The Morgan fingerprint density at radius 2 is 2.29 bits per heavy atom. The van der Waals surface area contributed by atoms with E-state index in [0.29, 0.717) is 5.02 Å². The fourth-order valence-electron chi connectivity index (χ4n) is 1.66. The highest BCUT2D eigenvalue weighted by molar-refractivity contribution is 9.10. The summed E-state index contributed by atoms with van der Waals surface area (Å²) < 4.78 is 6.52. The Morgan fingerprint density at radius 3 is 2.86 bits per heavy atom. The zero-order valence-corrected chi connectivity index (χ0v) is 9.88. The standard InChI is InChI=1S/C10H11BrClNO/c11-6-1-2-7(8(12)5-6)10-9(13)3-4-14-10/h1-2,5,9-10H,3-4,13H2. The lowest BCUT2D eigenvalue weighted by molar-refractivity contribution is 0.105. The molecule has 1 saturated heterocycles. The van der Waals surface area contributed by atoms with Crippen LogP contribution in [0, 0.1) is 0 Å². The molecule has 0 bridgehead atoms. The van der Waals surface area contributed by atoms with E-state index in [-0.39, 0.29) is 12.1 Å². The lowest BCUT2D eigenvalue weighted by Crippen LogP contribution is -2.23. The number of benzene rings is 1. The first-order valence-electron chi connectivity index (χ1n) is 4.50. The van der Waals surface area contributed by atoms with Gasteiger partial charge in [-0.2, -0.15) is 0 Å². The van der Waals surface area contributed by atoms with Crippen LogP contribution in [0.15, 0.2) is 22.7 Å². The van der Waals surface area contributed by atoms with Crippen LogP contribution < -0.4 is 5.73 Å². The van der Waals surface area contributed by atoms with Crippen molar-refractivity contribution < 1.29 is 4.74 Å². The lowest BCUT2D eigenvalue weighted by atomic mass is 10.0. The van der Waals surface area contributed by atoms with E-state index in [1.54, 1.807) is 0 Å². The van der Waals surface area contributed by atoms with E-state index in [9.17, 15) is 0 Å². The second-order valence-electron chi connectivity index (χ2n) is 3.41. The summed E-state index contributed by atoms with van der Waals surface area (Å²) in [5.41, 5.74) is 6.91. The Bertz CT molecular complexity index is 345. The van der Waals surface area contributed by atoms with E-state index >= 15 is 0 Å². The van der Waals surface area contributed by atoms with Crippen LogP contribution in [-0.4, -0.2) is 12.6 Å². The van der Waals surface area contributed by atoms with Crippen molar-refractivity contribution in [2.45, 2.75) is 18.6 Å². The van der Waals surface area contributed by atoms with Crippen molar-refractivity contribution in [1.82, 2.24) is 0 Å². The average Bonchev–Trinajstić information content (AvgIpc) is 2.52. The first-order chi connectivity index (χ1) is 6.68. The predicted octanol–water partition coefficient (Wildman–Crippen LogP) is 2.89. The summed E-state index contributed by atoms with van der Waals surface area (Å²) in [7, 11) is 0. The van der Waals surface area contributed by atoms with Gasteiger partial charge in [0.25, 0.3) is 0 Å². The summed E-state index contributed by atoms with van der Waals surface area (Å²) in [4.78, 5) is 0. The molecule has 1 heterocycles. The number of halogens is 2. The molecule has 2 rings (SSSR count). The topological polar surface area (TPSA) is 35.2 Å². The van der Waals surface area contributed by atoms with Crippen molar-refractivity contribution >= 4 is 27.5 Å². The minimum atomic E-state index is -0.0457. The minimum Gasteiger partial charge on any atom is -0.372 e. The van der Waals surface area contributed by atoms with E-state index in [0.717, 1.165) is 23.1 Å². The normalized spacial score (nSPS) is 26.8. The van der Waals surface area contributed by atoms with Crippen molar-refractivity contribution in [2.75, 3.05) is 6.61 Å². The Labute approximate surface area is 96.5 Å². The molecule has 76 valence electrons. The van der Waals surface area contributed by atoms with Crippen molar-refractivity contribution in [1.29, 1.82) is 0 Å². The number of ether oxygens (including phenoxy) is 1. The summed E-state index contributed by atoms with van der Waals surface area (Å²) in [5.74, 6) is 0. The van der Waals surface area contributed by atoms with Crippen LogP contribution in [-0.2, 0) is 4.74 Å². The maximum atomic E-state index is 6.11. The van der Waals surface area contributed by atoms with Gasteiger partial charge >= 0.3 is 0 Å². The van der Waals surface area contributed by atoms with Crippen LogP contribution in [0.4, 0.5) is 0 Å². The van der Waals surface area contributed by atoms with Crippen molar-refractivity contribution in [3.05, 3.63) is 33.3 Å². The van der Waals surface area contributed by atoms with Gasteiger partial charge in [-0.3, -0.25) is 0 Å². The Hall–Kier alpha value is -0.0900. The summed E-state index contributed by atoms with van der Waals surface area (Å²) in [6.07, 6.45) is 0.854. The first-order valence-corrected chi connectivity index (χ1v) is 5.67. The summed E-state index contributed by atoms with van der Waals surface area (Å²) >= 11 is 9.47. The molecule has 14 heavy (non-hydrogen) atoms. The first kappa shape index (κ1) is 10.4. The van der Waals surface area contributed by atoms with Crippen LogP contribution >= 0.6 is 27.5 Å². The molecule has 0 spiro atoms. The fourth-order valence-corrected chi connectivity index (χ4v) is 2.44. The van der Waals surface area contributed by atoms with Gasteiger partial charge in [-0.25, -0.2) is 0 Å². The molecule has 2 atom stereocenters. The fraction of sp³-hybridized carbons (Fsp3) is 0.400. The van der Waals surface area contributed by atoms with E-state index < -0.39 is 0 Å². The average molecular weight is 277 g/mol. The zero-order chi connectivity index (χ0) is 10.1. The van der Waals surface area contributed by atoms with Crippen LogP contribution in [0.5, 0.6) is 0 Å². The molecule has 2 N–H and O–H groups in total. The van der Waals surface area contributed by atoms with Gasteiger partial charge < -0.3 is 10.5 Å². The van der Waals surface area contributed by atoms with E-state index in [1.807, 2.05) is 18.2 Å². The Kier molecular flexibility index (Phi) is 3.12. The Morgan fingerprint density at radius 1 is 1.50 bits per heavy atom. The van der Waals surface area contributed by atoms with Crippen molar-refractivity contribution in [3.8, 4) is 0 Å². The number of hydrogen-bond acceptors (Lipinski definition) is 2. The molecule has 4 heteroatoms. The molecule has 0 aliphatic carbocycles. The van der Waals surface area contributed by atoms with Crippen molar-refractivity contribution in [2.24, 2.45) is 5.73 Å². The summed E-state index contributed by atoms with van der Waals surface area (Å²) in [6.45, 7) is 0.720. The Balaban J connectivity index is 2.31. The van der Waals surface area contributed by atoms with Gasteiger partial charge in [-0.15, -0.1) is 0 Å². The third kappa shape index (κ3) is 1.96.